The summed E-state index contributed by atoms with van der Waals surface area (Å²) in [6.07, 6.45) is 4.40. The number of methoxy groups -OCH3 is 1. The molecule has 0 fully saturated rings. The average Bonchev–Trinajstić information content (AvgIpc) is 3.52. The Hall–Kier alpha value is -4.52. The lowest BCUT2D eigenvalue weighted by molar-refractivity contribution is -0.111. The van der Waals surface area contributed by atoms with Crippen molar-refractivity contribution in [2.45, 2.75) is 0 Å². The van der Waals surface area contributed by atoms with Crippen LogP contribution in [0.15, 0.2) is 94.0 Å². The molecule has 0 saturated heterocycles. The number of rotatable bonds is 7. The zero-order valence-corrected chi connectivity index (χ0v) is 17.2. The van der Waals surface area contributed by atoms with Crippen LogP contribution < -0.4 is 15.4 Å². The summed E-state index contributed by atoms with van der Waals surface area (Å²) in [6, 6.07) is 21.5. The summed E-state index contributed by atoms with van der Waals surface area (Å²) in [7, 11) is 1.48. The Kier molecular flexibility index (Phi) is 6.17. The van der Waals surface area contributed by atoms with E-state index in [9.17, 15) is 9.59 Å². The highest BCUT2D eigenvalue weighted by atomic mass is 16.5. The third-order valence-corrected chi connectivity index (χ3v) is 4.55. The van der Waals surface area contributed by atoms with Crippen molar-refractivity contribution in [1.29, 1.82) is 0 Å². The molecule has 2 N–H and O–H groups in total. The molecule has 160 valence electrons. The van der Waals surface area contributed by atoms with Gasteiger partial charge in [0.1, 0.15) is 17.3 Å². The van der Waals surface area contributed by atoms with Crippen molar-refractivity contribution < 1.29 is 23.2 Å². The molecule has 0 saturated carbocycles. The normalized spacial score (nSPS) is 10.8. The van der Waals surface area contributed by atoms with Gasteiger partial charge in [0.05, 0.1) is 19.1 Å². The lowest BCUT2D eigenvalue weighted by atomic mass is 10.2. The first-order valence-electron chi connectivity index (χ1n) is 9.79. The highest BCUT2D eigenvalue weighted by Gasteiger charge is 2.13. The van der Waals surface area contributed by atoms with Gasteiger partial charge in [0.15, 0.2) is 5.76 Å². The van der Waals surface area contributed by atoms with Crippen LogP contribution in [0.3, 0.4) is 0 Å². The Morgan fingerprint density at radius 2 is 1.78 bits per heavy atom. The molecule has 4 rings (SSSR count). The fraction of sp³-hybridized carbons (Fsp3) is 0.0400. The smallest absolute Gasteiger partial charge is 0.291 e. The van der Waals surface area contributed by atoms with E-state index in [0.29, 0.717) is 22.9 Å². The van der Waals surface area contributed by atoms with Gasteiger partial charge in [-0.3, -0.25) is 9.59 Å². The molecule has 0 bridgehead atoms. The van der Waals surface area contributed by atoms with Crippen LogP contribution in [0.5, 0.6) is 5.75 Å². The topological polar surface area (TPSA) is 93.7 Å². The molecule has 2 heterocycles. The van der Waals surface area contributed by atoms with E-state index in [0.717, 1.165) is 11.3 Å². The molecule has 0 radical (unpaired) electrons. The maximum atomic E-state index is 12.3. The number of carbonyl (C=O) groups is 2. The summed E-state index contributed by atoms with van der Waals surface area (Å²) in [6.45, 7) is 0. The number of anilines is 2. The minimum absolute atomic E-state index is 0.183. The fourth-order valence-corrected chi connectivity index (χ4v) is 3.01. The number of nitrogens with one attached hydrogen (secondary N) is 2. The summed E-state index contributed by atoms with van der Waals surface area (Å²) in [5.41, 5.74) is 1.92. The van der Waals surface area contributed by atoms with Gasteiger partial charge >= 0.3 is 0 Å². The van der Waals surface area contributed by atoms with Gasteiger partial charge in [0.25, 0.3) is 5.91 Å². The maximum Gasteiger partial charge on any atom is 0.291 e. The predicted molar refractivity (Wildman–Crippen MR) is 121 cm³/mol. The van der Waals surface area contributed by atoms with Gasteiger partial charge in [-0.1, -0.05) is 30.3 Å². The monoisotopic (exact) mass is 428 g/mol. The zero-order chi connectivity index (χ0) is 22.3. The number of carbonyl (C=O) groups excluding carboxylic acids is 2. The number of benzene rings is 2. The second-order valence-electron chi connectivity index (χ2n) is 6.74. The van der Waals surface area contributed by atoms with Gasteiger partial charge in [0.2, 0.25) is 5.91 Å². The minimum Gasteiger partial charge on any atom is -0.494 e. The van der Waals surface area contributed by atoms with Crippen molar-refractivity contribution in [3.05, 3.63) is 96.7 Å². The van der Waals surface area contributed by atoms with Crippen LogP contribution in [0.2, 0.25) is 0 Å². The van der Waals surface area contributed by atoms with Crippen LogP contribution in [0.1, 0.15) is 16.3 Å². The van der Waals surface area contributed by atoms with E-state index in [1.54, 1.807) is 42.5 Å². The molecule has 0 aliphatic rings. The van der Waals surface area contributed by atoms with Crippen molar-refractivity contribution in [3.63, 3.8) is 0 Å². The average molecular weight is 428 g/mol. The van der Waals surface area contributed by atoms with Crippen LogP contribution >= 0.6 is 0 Å². The van der Waals surface area contributed by atoms with E-state index in [1.165, 1.54) is 19.4 Å². The molecule has 7 nitrogen and oxygen atoms in total. The van der Waals surface area contributed by atoms with E-state index in [4.69, 9.17) is 13.6 Å². The Bertz CT molecular complexity index is 1240. The first-order chi connectivity index (χ1) is 15.6. The molecule has 0 unspecified atom stereocenters. The number of hydrogen-bond donors (Lipinski definition) is 2. The van der Waals surface area contributed by atoms with Crippen LogP contribution in [-0.4, -0.2) is 18.9 Å². The van der Waals surface area contributed by atoms with E-state index >= 15 is 0 Å². The number of hydrogen-bond acceptors (Lipinski definition) is 5. The second kappa shape index (κ2) is 9.53. The fourth-order valence-electron chi connectivity index (χ4n) is 3.01. The lowest BCUT2D eigenvalue weighted by Gasteiger charge is -2.11. The van der Waals surface area contributed by atoms with Crippen LogP contribution in [0.25, 0.3) is 17.4 Å². The van der Waals surface area contributed by atoms with Crippen molar-refractivity contribution in [2.24, 2.45) is 0 Å². The highest BCUT2D eigenvalue weighted by Crippen LogP contribution is 2.28. The van der Waals surface area contributed by atoms with Gasteiger partial charge < -0.3 is 24.2 Å². The molecule has 0 aliphatic heterocycles. The summed E-state index contributed by atoms with van der Waals surface area (Å²) in [5.74, 6) is 1.13. The first-order valence-corrected chi connectivity index (χ1v) is 9.79. The van der Waals surface area contributed by atoms with E-state index in [-0.39, 0.29) is 11.7 Å². The van der Waals surface area contributed by atoms with Gasteiger partial charge in [-0.05, 0) is 42.5 Å². The molecule has 32 heavy (non-hydrogen) atoms. The zero-order valence-electron chi connectivity index (χ0n) is 17.2. The summed E-state index contributed by atoms with van der Waals surface area (Å²) in [4.78, 5) is 24.5. The van der Waals surface area contributed by atoms with Crippen molar-refractivity contribution in [2.75, 3.05) is 17.7 Å². The van der Waals surface area contributed by atoms with Crippen LogP contribution in [0, 0.1) is 0 Å². The Morgan fingerprint density at radius 1 is 0.938 bits per heavy atom. The van der Waals surface area contributed by atoms with E-state index in [1.807, 2.05) is 36.4 Å². The summed E-state index contributed by atoms with van der Waals surface area (Å²) >= 11 is 0. The number of amides is 2. The molecular weight excluding hydrogens is 408 g/mol. The molecular formula is C25H20N2O5. The second-order valence-corrected chi connectivity index (χ2v) is 6.74. The van der Waals surface area contributed by atoms with E-state index < -0.39 is 5.91 Å². The van der Waals surface area contributed by atoms with Gasteiger partial charge in [0, 0.05) is 23.4 Å². The number of ether oxygens (including phenoxy) is 1. The molecule has 7 heteroatoms. The molecule has 0 atom stereocenters. The standard InChI is InChI=1S/C25H20N2O5/c1-30-23-16-18(9-12-20(23)27-25(29)22-8-5-15-31-22)26-24(28)14-11-19-10-13-21(32-19)17-6-3-2-4-7-17/h2-16H,1H3,(H,26,28)(H,27,29)/b14-11+. The SMILES string of the molecule is COc1cc(NC(=O)/C=C/c2ccc(-c3ccccc3)o2)ccc1NC(=O)c1ccco1. The van der Waals surface area contributed by atoms with Crippen molar-refractivity contribution >= 4 is 29.3 Å². The largest absolute Gasteiger partial charge is 0.494 e. The summed E-state index contributed by atoms with van der Waals surface area (Å²) < 4.78 is 16.2. The van der Waals surface area contributed by atoms with Gasteiger partial charge in [-0.15, -0.1) is 0 Å². The Balaban J connectivity index is 1.40. The number of furan rings is 2. The Labute approximate surface area is 184 Å². The predicted octanol–water partition coefficient (Wildman–Crippen LogP) is 5.45. The highest BCUT2D eigenvalue weighted by molar-refractivity contribution is 6.04. The molecule has 0 spiro atoms. The van der Waals surface area contributed by atoms with Crippen molar-refractivity contribution in [1.82, 2.24) is 0 Å². The van der Waals surface area contributed by atoms with Crippen LogP contribution in [-0.2, 0) is 4.79 Å². The molecule has 0 aliphatic carbocycles. The molecule has 4 aromatic rings. The quantitative estimate of drug-likeness (QED) is 0.382. The van der Waals surface area contributed by atoms with Crippen LogP contribution in [0.4, 0.5) is 11.4 Å². The first kappa shape index (κ1) is 20.7. The van der Waals surface area contributed by atoms with E-state index in [2.05, 4.69) is 10.6 Å². The Morgan fingerprint density at radius 3 is 2.53 bits per heavy atom. The molecule has 2 aromatic heterocycles. The minimum atomic E-state index is -0.402. The van der Waals surface area contributed by atoms with Crippen molar-refractivity contribution in [3.8, 4) is 17.1 Å². The van der Waals surface area contributed by atoms with Gasteiger partial charge in [-0.25, -0.2) is 0 Å². The third-order valence-electron chi connectivity index (χ3n) is 4.55. The molecule has 2 amide bonds. The maximum absolute atomic E-state index is 12.3. The molecule has 2 aromatic carbocycles. The van der Waals surface area contributed by atoms with Gasteiger partial charge in [-0.2, -0.15) is 0 Å². The summed E-state index contributed by atoms with van der Waals surface area (Å²) in [5, 5.41) is 5.46. The third kappa shape index (κ3) is 4.96. The lowest BCUT2D eigenvalue weighted by Crippen LogP contribution is -2.12.